The topological polar surface area (TPSA) is 52.6 Å². The van der Waals surface area contributed by atoms with E-state index in [4.69, 9.17) is 9.47 Å². The Morgan fingerprint density at radius 3 is 2.11 bits per heavy atom. The van der Waals surface area contributed by atoms with E-state index in [2.05, 4.69) is 6.58 Å². The number of rotatable bonds is 3. The highest BCUT2D eigenvalue weighted by Gasteiger charge is 2.20. The number of ether oxygens (including phenoxy) is 2. The normalized spacial score (nSPS) is 9.78. The molecular formula is C12H10I2O4. The molecule has 0 aliphatic carbocycles. The van der Waals surface area contributed by atoms with Crippen molar-refractivity contribution in [1.82, 2.24) is 0 Å². The highest BCUT2D eigenvalue weighted by atomic mass is 127. The fraction of sp³-hybridized carbons (Fsp3) is 0.167. The first-order chi connectivity index (χ1) is 8.36. The Labute approximate surface area is 132 Å². The maximum atomic E-state index is 11.1. The maximum Gasteiger partial charge on any atom is 0.308 e. The van der Waals surface area contributed by atoms with Gasteiger partial charge in [-0.3, -0.25) is 9.59 Å². The lowest BCUT2D eigenvalue weighted by molar-refractivity contribution is -0.134. The Morgan fingerprint density at radius 1 is 1.17 bits per heavy atom. The number of carbonyl (C=O) groups is 2. The minimum atomic E-state index is -0.474. The van der Waals surface area contributed by atoms with Crippen LogP contribution in [0, 0.1) is 7.14 Å². The molecule has 0 aliphatic rings. The molecule has 0 heterocycles. The van der Waals surface area contributed by atoms with Gasteiger partial charge in [0.25, 0.3) is 0 Å². The van der Waals surface area contributed by atoms with E-state index in [0.717, 1.165) is 5.56 Å². The quantitative estimate of drug-likeness (QED) is 0.385. The van der Waals surface area contributed by atoms with Crippen LogP contribution in [-0.4, -0.2) is 11.9 Å². The third-order valence-electron chi connectivity index (χ3n) is 1.87. The first-order valence-corrected chi connectivity index (χ1v) is 7.03. The second-order valence-electron chi connectivity index (χ2n) is 3.31. The fourth-order valence-electron chi connectivity index (χ4n) is 1.23. The van der Waals surface area contributed by atoms with Crippen LogP contribution >= 0.6 is 45.2 Å². The molecule has 0 bridgehead atoms. The summed E-state index contributed by atoms with van der Waals surface area (Å²) >= 11 is 4.03. The fourth-order valence-corrected chi connectivity index (χ4v) is 2.65. The van der Waals surface area contributed by atoms with Crippen molar-refractivity contribution in [2.45, 2.75) is 13.8 Å². The van der Waals surface area contributed by atoms with E-state index in [1.807, 2.05) is 45.2 Å². The van der Waals surface area contributed by atoms with Gasteiger partial charge >= 0.3 is 11.9 Å². The number of benzene rings is 1. The summed E-state index contributed by atoms with van der Waals surface area (Å²) in [6.07, 6.45) is 1.65. The van der Waals surface area contributed by atoms with Gasteiger partial charge in [-0.2, -0.15) is 0 Å². The van der Waals surface area contributed by atoms with Gasteiger partial charge in [0.05, 0.1) is 7.14 Å². The number of halogens is 2. The SMILES string of the molecule is C=Cc1cc(I)c(OC(C)=O)c(OC(C)=O)c1I. The Kier molecular flexibility index (Phi) is 5.57. The van der Waals surface area contributed by atoms with E-state index in [9.17, 15) is 9.59 Å². The zero-order valence-electron chi connectivity index (χ0n) is 9.75. The number of carbonyl (C=O) groups excluding carboxylic acids is 2. The van der Waals surface area contributed by atoms with Gasteiger partial charge < -0.3 is 9.47 Å². The van der Waals surface area contributed by atoms with Gasteiger partial charge in [-0.1, -0.05) is 12.7 Å². The first kappa shape index (κ1) is 15.4. The molecule has 1 rings (SSSR count). The molecule has 0 amide bonds. The van der Waals surface area contributed by atoms with Gasteiger partial charge in [0.1, 0.15) is 0 Å². The lowest BCUT2D eigenvalue weighted by Gasteiger charge is -2.14. The third-order valence-corrected chi connectivity index (χ3v) is 3.78. The highest BCUT2D eigenvalue weighted by Crippen LogP contribution is 2.39. The maximum absolute atomic E-state index is 11.1. The summed E-state index contributed by atoms with van der Waals surface area (Å²) in [5.74, 6) is -0.435. The van der Waals surface area contributed by atoms with E-state index >= 15 is 0 Å². The minimum absolute atomic E-state index is 0.250. The molecule has 6 heteroatoms. The van der Waals surface area contributed by atoms with Crippen LogP contribution in [0.1, 0.15) is 19.4 Å². The van der Waals surface area contributed by atoms with Gasteiger partial charge in [-0.05, 0) is 56.8 Å². The van der Waals surface area contributed by atoms with Crippen molar-refractivity contribution in [2.24, 2.45) is 0 Å². The zero-order chi connectivity index (χ0) is 13.9. The van der Waals surface area contributed by atoms with E-state index in [0.29, 0.717) is 7.14 Å². The van der Waals surface area contributed by atoms with E-state index in [-0.39, 0.29) is 11.5 Å². The van der Waals surface area contributed by atoms with Crippen LogP contribution < -0.4 is 9.47 Å². The van der Waals surface area contributed by atoms with Crippen molar-refractivity contribution in [1.29, 1.82) is 0 Å². The lowest BCUT2D eigenvalue weighted by Crippen LogP contribution is -2.10. The van der Waals surface area contributed by atoms with Gasteiger partial charge in [0.2, 0.25) is 0 Å². The molecule has 0 unspecified atom stereocenters. The van der Waals surface area contributed by atoms with Crippen LogP contribution in [0.15, 0.2) is 12.6 Å². The van der Waals surface area contributed by atoms with Crippen LogP contribution in [-0.2, 0) is 9.59 Å². The minimum Gasteiger partial charge on any atom is -0.422 e. The molecule has 0 saturated heterocycles. The highest BCUT2D eigenvalue weighted by molar-refractivity contribution is 14.1. The third kappa shape index (κ3) is 3.67. The standard InChI is InChI=1S/C12H10I2O4/c1-4-8-5-9(13)11(17-6(2)15)12(10(8)14)18-7(3)16/h4-5H,1H2,2-3H3. The second-order valence-corrected chi connectivity index (χ2v) is 5.55. The molecule has 0 fully saturated rings. The lowest BCUT2D eigenvalue weighted by atomic mass is 10.2. The summed E-state index contributed by atoms with van der Waals surface area (Å²) in [5.41, 5.74) is 0.812. The van der Waals surface area contributed by atoms with Crippen molar-refractivity contribution in [3.05, 3.63) is 25.3 Å². The van der Waals surface area contributed by atoms with Crippen LogP contribution in [0.5, 0.6) is 11.5 Å². The van der Waals surface area contributed by atoms with E-state index < -0.39 is 11.9 Å². The molecule has 0 atom stereocenters. The summed E-state index contributed by atoms with van der Waals surface area (Å²) in [4.78, 5) is 22.2. The summed E-state index contributed by atoms with van der Waals surface area (Å²) in [6.45, 7) is 6.27. The molecule has 0 N–H and O–H groups in total. The molecule has 0 aromatic heterocycles. The van der Waals surface area contributed by atoms with Crippen LogP contribution in [0.25, 0.3) is 6.08 Å². The van der Waals surface area contributed by atoms with Crippen molar-refractivity contribution >= 4 is 63.2 Å². The molecule has 0 spiro atoms. The van der Waals surface area contributed by atoms with Crippen molar-refractivity contribution in [3.8, 4) is 11.5 Å². The predicted molar refractivity (Wildman–Crippen MR) is 84.6 cm³/mol. The summed E-state index contributed by atoms with van der Waals surface area (Å²) in [5, 5.41) is 0. The Bertz CT molecular complexity index is 523. The van der Waals surface area contributed by atoms with Gasteiger partial charge in [-0.15, -0.1) is 0 Å². The number of esters is 2. The average Bonchev–Trinajstić information content (AvgIpc) is 2.27. The van der Waals surface area contributed by atoms with Crippen LogP contribution in [0.4, 0.5) is 0 Å². The molecule has 4 nitrogen and oxygen atoms in total. The summed E-state index contributed by atoms with van der Waals surface area (Å²) < 4.78 is 11.6. The molecule has 1 aromatic carbocycles. The van der Waals surface area contributed by atoms with Crippen molar-refractivity contribution in [2.75, 3.05) is 0 Å². The van der Waals surface area contributed by atoms with Crippen LogP contribution in [0.3, 0.4) is 0 Å². The Morgan fingerprint density at radius 2 is 1.67 bits per heavy atom. The van der Waals surface area contributed by atoms with E-state index in [1.165, 1.54) is 13.8 Å². The average molecular weight is 472 g/mol. The molecule has 96 valence electrons. The molecule has 0 radical (unpaired) electrons. The van der Waals surface area contributed by atoms with Crippen molar-refractivity contribution in [3.63, 3.8) is 0 Å². The van der Waals surface area contributed by atoms with Gasteiger partial charge in [0.15, 0.2) is 11.5 Å². The monoisotopic (exact) mass is 472 g/mol. The smallest absolute Gasteiger partial charge is 0.308 e. The first-order valence-electron chi connectivity index (χ1n) is 4.88. The largest absolute Gasteiger partial charge is 0.422 e. The molecule has 0 aliphatic heterocycles. The van der Waals surface area contributed by atoms with Crippen LogP contribution in [0.2, 0.25) is 0 Å². The number of hydrogen-bond acceptors (Lipinski definition) is 4. The van der Waals surface area contributed by atoms with Gasteiger partial charge in [0, 0.05) is 13.8 Å². The Hall–Kier alpha value is -0.640. The zero-order valence-corrected chi connectivity index (χ0v) is 14.1. The summed E-state index contributed by atoms with van der Waals surface area (Å²) in [6, 6.07) is 1.81. The molecule has 1 aromatic rings. The molecule has 18 heavy (non-hydrogen) atoms. The molecular weight excluding hydrogens is 462 g/mol. The molecule has 0 saturated carbocycles. The van der Waals surface area contributed by atoms with Gasteiger partial charge in [-0.25, -0.2) is 0 Å². The predicted octanol–water partition coefficient (Wildman–Crippen LogP) is 3.39. The Balaban J connectivity index is 3.46. The second kappa shape index (κ2) is 6.50. The van der Waals surface area contributed by atoms with Crippen molar-refractivity contribution < 1.29 is 19.1 Å². The van der Waals surface area contributed by atoms with E-state index in [1.54, 1.807) is 12.1 Å². The number of hydrogen-bond donors (Lipinski definition) is 0. The summed E-state index contributed by atoms with van der Waals surface area (Å²) in [7, 11) is 0.